The van der Waals surface area contributed by atoms with Gasteiger partial charge in [0.15, 0.2) is 5.58 Å². The molecule has 1 aliphatic heterocycles. The summed E-state index contributed by atoms with van der Waals surface area (Å²) in [5.74, 6) is 0.296. The summed E-state index contributed by atoms with van der Waals surface area (Å²) in [4.78, 5) is 4.40. The summed E-state index contributed by atoms with van der Waals surface area (Å²) >= 11 is 0. The van der Waals surface area contributed by atoms with E-state index in [1.807, 2.05) is 0 Å². The average Bonchev–Trinajstić information content (AvgIpc) is 2.83. The van der Waals surface area contributed by atoms with Crippen LogP contribution in [-0.2, 0) is 10.2 Å². The first kappa shape index (κ1) is 11.6. The standard InChI is InChI=1S/C13H15FN2O2/c14-9-1-2-11-10(7-9)16-12(18-11)13(8-15)3-5-17-6-4-13/h1-2,7H,3-6,8,15H2. The highest BCUT2D eigenvalue weighted by Gasteiger charge is 2.37. The van der Waals surface area contributed by atoms with Crippen molar-refractivity contribution in [3.63, 3.8) is 0 Å². The van der Waals surface area contributed by atoms with Gasteiger partial charge in [-0.25, -0.2) is 9.37 Å². The maximum absolute atomic E-state index is 13.1. The molecule has 2 N–H and O–H groups in total. The molecule has 0 aliphatic carbocycles. The summed E-state index contributed by atoms with van der Waals surface area (Å²) < 4.78 is 24.2. The number of oxazole rings is 1. The summed E-state index contributed by atoms with van der Waals surface area (Å²) in [6.07, 6.45) is 1.58. The molecule has 2 aromatic rings. The smallest absolute Gasteiger partial charge is 0.203 e. The van der Waals surface area contributed by atoms with E-state index in [9.17, 15) is 4.39 Å². The lowest BCUT2D eigenvalue weighted by Gasteiger charge is -2.32. The number of halogens is 1. The highest BCUT2D eigenvalue weighted by atomic mass is 19.1. The van der Waals surface area contributed by atoms with Crippen molar-refractivity contribution >= 4 is 11.1 Å². The van der Waals surface area contributed by atoms with E-state index in [-0.39, 0.29) is 11.2 Å². The molecular formula is C13H15FN2O2. The van der Waals surface area contributed by atoms with Crippen LogP contribution in [0.1, 0.15) is 18.7 Å². The van der Waals surface area contributed by atoms with Gasteiger partial charge in [0.2, 0.25) is 5.89 Å². The van der Waals surface area contributed by atoms with Gasteiger partial charge in [0.1, 0.15) is 11.3 Å². The summed E-state index contributed by atoms with van der Waals surface area (Å²) in [6.45, 7) is 1.78. The summed E-state index contributed by atoms with van der Waals surface area (Å²) in [5, 5.41) is 0. The van der Waals surface area contributed by atoms with E-state index in [0.29, 0.717) is 36.7 Å². The molecule has 1 aliphatic rings. The quantitative estimate of drug-likeness (QED) is 0.885. The minimum Gasteiger partial charge on any atom is -0.440 e. The Kier molecular flexibility index (Phi) is 2.80. The molecule has 1 aromatic heterocycles. The third kappa shape index (κ3) is 1.79. The van der Waals surface area contributed by atoms with Gasteiger partial charge in [-0.05, 0) is 25.0 Å². The average molecular weight is 250 g/mol. The number of rotatable bonds is 2. The van der Waals surface area contributed by atoms with Crippen LogP contribution in [-0.4, -0.2) is 24.7 Å². The molecule has 0 radical (unpaired) electrons. The molecule has 1 fully saturated rings. The zero-order chi connectivity index (χ0) is 12.6. The summed E-state index contributed by atoms with van der Waals surface area (Å²) in [7, 11) is 0. The molecule has 0 saturated carbocycles. The topological polar surface area (TPSA) is 61.3 Å². The van der Waals surface area contributed by atoms with Crippen molar-refractivity contribution in [2.75, 3.05) is 19.8 Å². The lowest BCUT2D eigenvalue weighted by Crippen LogP contribution is -2.40. The van der Waals surface area contributed by atoms with E-state index in [1.165, 1.54) is 12.1 Å². The van der Waals surface area contributed by atoms with Crippen LogP contribution in [0.2, 0.25) is 0 Å². The van der Waals surface area contributed by atoms with E-state index in [4.69, 9.17) is 14.9 Å². The highest BCUT2D eigenvalue weighted by Crippen LogP contribution is 2.35. The van der Waals surface area contributed by atoms with Crippen LogP contribution in [0, 0.1) is 5.82 Å². The van der Waals surface area contributed by atoms with E-state index in [1.54, 1.807) is 6.07 Å². The van der Waals surface area contributed by atoms with Crippen molar-refractivity contribution in [2.24, 2.45) is 5.73 Å². The van der Waals surface area contributed by atoms with Crippen molar-refractivity contribution < 1.29 is 13.5 Å². The van der Waals surface area contributed by atoms with Gasteiger partial charge >= 0.3 is 0 Å². The van der Waals surface area contributed by atoms with Gasteiger partial charge in [0, 0.05) is 25.8 Å². The van der Waals surface area contributed by atoms with Gasteiger partial charge in [0.25, 0.3) is 0 Å². The van der Waals surface area contributed by atoms with Crippen LogP contribution in [0.3, 0.4) is 0 Å². The Morgan fingerprint density at radius 2 is 2.11 bits per heavy atom. The van der Waals surface area contributed by atoms with Crippen LogP contribution in [0.4, 0.5) is 4.39 Å². The van der Waals surface area contributed by atoms with Crippen molar-refractivity contribution in [3.05, 3.63) is 29.9 Å². The molecule has 3 rings (SSSR count). The number of nitrogens with two attached hydrogens (primary N) is 1. The maximum Gasteiger partial charge on any atom is 0.203 e. The fraction of sp³-hybridized carbons (Fsp3) is 0.462. The van der Waals surface area contributed by atoms with Gasteiger partial charge in [-0.3, -0.25) is 0 Å². The zero-order valence-electron chi connectivity index (χ0n) is 9.99. The Hall–Kier alpha value is -1.46. The van der Waals surface area contributed by atoms with Gasteiger partial charge < -0.3 is 14.9 Å². The predicted octanol–water partition coefficient (Wildman–Crippen LogP) is 1.97. The SMILES string of the molecule is NCC1(c2nc3cc(F)ccc3o2)CCOCC1. The van der Waals surface area contributed by atoms with E-state index in [2.05, 4.69) is 4.98 Å². The monoisotopic (exact) mass is 250 g/mol. The third-order valence-corrected chi connectivity index (χ3v) is 3.64. The number of hydrogen-bond donors (Lipinski definition) is 1. The second-order valence-electron chi connectivity index (χ2n) is 4.73. The summed E-state index contributed by atoms with van der Waals surface area (Å²) in [5.41, 5.74) is 6.77. The Labute approximate surface area is 104 Å². The maximum atomic E-state index is 13.1. The fourth-order valence-electron chi connectivity index (χ4n) is 2.39. The van der Waals surface area contributed by atoms with E-state index >= 15 is 0 Å². The number of hydrogen-bond acceptors (Lipinski definition) is 4. The third-order valence-electron chi connectivity index (χ3n) is 3.64. The Balaban J connectivity index is 2.06. The Morgan fingerprint density at radius 1 is 1.33 bits per heavy atom. The van der Waals surface area contributed by atoms with Crippen LogP contribution in [0.15, 0.2) is 22.6 Å². The first-order valence-electron chi connectivity index (χ1n) is 6.08. The number of ether oxygens (including phenoxy) is 1. The Morgan fingerprint density at radius 3 is 2.83 bits per heavy atom. The van der Waals surface area contributed by atoms with Crippen LogP contribution >= 0.6 is 0 Å². The zero-order valence-corrected chi connectivity index (χ0v) is 9.99. The first-order chi connectivity index (χ1) is 8.73. The van der Waals surface area contributed by atoms with Gasteiger partial charge in [-0.15, -0.1) is 0 Å². The van der Waals surface area contributed by atoms with Crippen molar-refractivity contribution in [3.8, 4) is 0 Å². The van der Waals surface area contributed by atoms with Crippen molar-refractivity contribution in [2.45, 2.75) is 18.3 Å². The van der Waals surface area contributed by atoms with Crippen LogP contribution in [0.5, 0.6) is 0 Å². The molecule has 1 aromatic carbocycles. The molecule has 2 heterocycles. The minimum atomic E-state index is -0.309. The largest absolute Gasteiger partial charge is 0.440 e. The van der Waals surface area contributed by atoms with Crippen molar-refractivity contribution in [1.82, 2.24) is 4.98 Å². The molecule has 96 valence electrons. The number of nitrogens with zero attached hydrogens (tertiary/aromatic N) is 1. The van der Waals surface area contributed by atoms with E-state index in [0.717, 1.165) is 12.8 Å². The predicted molar refractivity (Wildman–Crippen MR) is 64.8 cm³/mol. The second kappa shape index (κ2) is 4.33. The first-order valence-corrected chi connectivity index (χ1v) is 6.08. The molecule has 0 spiro atoms. The molecule has 4 nitrogen and oxygen atoms in total. The number of fused-ring (bicyclic) bond motifs is 1. The molecule has 0 amide bonds. The highest BCUT2D eigenvalue weighted by molar-refractivity contribution is 5.72. The molecule has 0 unspecified atom stereocenters. The van der Waals surface area contributed by atoms with Crippen LogP contribution < -0.4 is 5.73 Å². The molecule has 1 saturated heterocycles. The van der Waals surface area contributed by atoms with Crippen molar-refractivity contribution in [1.29, 1.82) is 0 Å². The molecule has 18 heavy (non-hydrogen) atoms. The Bertz CT molecular complexity index is 561. The van der Waals surface area contributed by atoms with Gasteiger partial charge in [0.05, 0.1) is 5.41 Å². The summed E-state index contributed by atoms with van der Waals surface area (Å²) in [6, 6.07) is 4.35. The van der Waals surface area contributed by atoms with Gasteiger partial charge in [-0.1, -0.05) is 0 Å². The lowest BCUT2D eigenvalue weighted by molar-refractivity contribution is 0.0438. The lowest BCUT2D eigenvalue weighted by atomic mass is 9.80. The number of aromatic nitrogens is 1. The second-order valence-corrected chi connectivity index (χ2v) is 4.73. The fourth-order valence-corrected chi connectivity index (χ4v) is 2.39. The minimum absolute atomic E-state index is 0.270. The molecule has 5 heteroatoms. The molecule has 0 bridgehead atoms. The van der Waals surface area contributed by atoms with Gasteiger partial charge in [-0.2, -0.15) is 0 Å². The van der Waals surface area contributed by atoms with Crippen LogP contribution in [0.25, 0.3) is 11.1 Å². The normalized spacial score (nSPS) is 19.2. The van der Waals surface area contributed by atoms with E-state index < -0.39 is 0 Å². The number of benzene rings is 1. The molecular weight excluding hydrogens is 235 g/mol. The molecule has 0 atom stereocenters.